The minimum absolute atomic E-state index is 0. The molecule has 2 aliphatic carbocycles. The van der Waals surface area contributed by atoms with Crippen molar-refractivity contribution in [2.24, 2.45) is 11.8 Å². The molecule has 2 fully saturated rings. The fourth-order valence-corrected chi connectivity index (χ4v) is 10.3. The fraction of sp³-hybridized carbons (Fsp3) is 0.306. The first-order chi connectivity index (χ1) is 25.9. The van der Waals surface area contributed by atoms with Gasteiger partial charge in [-0.2, -0.15) is 0 Å². The van der Waals surface area contributed by atoms with E-state index in [1.165, 1.54) is 74.5 Å². The maximum Gasteiger partial charge on any atom is 0.121 e. The van der Waals surface area contributed by atoms with Crippen molar-refractivity contribution in [1.29, 1.82) is 0 Å². The molecule has 2 aliphatic rings. The van der Waals surface area contributed by atoms with E-state index >= 15 is 0 Å². The van der Waals surface area contributed by atoms with Gasteiger partial charge in [0.05, 0.1) is 13.7 Å². The molecule has 9 rings (SSSR count). The standard InChI is InChI=1S/C29H24NO.C20H26NSi.Ir/c1-2-10-22(11-3-1)23-12-7-15-27-28(23)25-14-6-13-24(29(25)31-27)26-19-21(16-17-30-26)18-20-8-4-5-9-20;1-22(2,3)20-15-21-19(17-11-5-4-6-12-17)14-18(20)13-16-9-7-8-10-16;/h1-3,6-7,10-12,14-17,19-20H,4-5,8-9,18H2;4-6,11,14-16H,7-10,13H2,1-3H3;/q2*-1;. The van der Waals surface area contributed by atoms with Crippen LogP contribution in [0.4, 0.5) is 0 Å². The van der Waals surface area contributed by atoms with Crippen molar-refractivity contribution in [3.05, 3.63) is 139 Å². The summed E-state index contributed by atoms with van der Waals surface area (Å²) in [6, 6.07) is 42.5. The van der Waals surface area contributed by atoms with Crippen molar-refractivity contribution in [2.45, 2.75) is 83.8 Å². The second-order valence-corrected chi connectivity index (χ2v) is 21.3. The SMILES string of the molecule is C[Si](C)(C)c1cnc(-c2[c-]cccc2)cc1CC1CCCC1.[Ir].[c-]1ccc2c(oc3cccc(-c4ccccc4)c32)c1-c1cc(CC2CCCC2)ccn1. The summed E-state index contributed by atoms with van der Waals surface area (Å²) in [6.45, 7) is 7.28. The van der Waals surface area contributed by atoms with Gasteiger partial charge in [0.15, 0.2) is 0 Å². The van der Waals surface area contributed by atoms with Gasteiger partial charge in [-0.1, -0.05) is 148 Å². The predicted molar refractivity (Wildman–Crippen MR) is 224 cm³/mol. The smallest absolute Gasteiger partial charge is 0.121 e. The van der Waals surface area contributed by atoms with Gasteiger partial charge in [-0.25, -0.2) is 0 Å². The van der Waals surface area contributed by atoms with E-state index in [4.69, 9.17) is 14.4 Å². The zero-order valence-corrected chi connectivity index (χ0v) is 35.2. The molecule has 0 spiro atoms. The molecular weight excluding hydrogens is 853 g/mol. The van der Waals surface area contributed by atoms with E-state index < -0.39 is 8.07 Å². The second kappa shape index (κ2) is 17.1. The average Bonchev–Trinajstić information content (AvgIpc) is 3.98. The van der Waals surface area contributed by atoms with Gasteiger partial charge in [-0.05, 0) is 64.5 Å². The molecule has 277 valence electrons. The number of benzene rings is 4. The van der Waals surface area contributed by atoms with Crippen molar-refractivity contribution in [2.75, 3.05) is 0 Å². The Kier molecular flexibility index (Phi) is 12.1. The van der Waals surface area contributed by atoms with Crippen molar-refractivity contribution in [3.63, 3.8) is 0 Å². The van der Waals surface area contributed by atoms with Crippen LogP contribution in [0.5, 0.6) is 0 Å². The Bertz CT molecular complexity index is 2300. The number of nitrogens with zero attached hydrogens (tertiary/aromatic N) is 2. The van der Waals surface area contributed by atoms with Crippen molar-refractivity contribution >= 4 is 35.2 Å². The molecule has 3 aromatic heterocycles. The largest absolute Gasteiger partial charge is 0.501 e. The van der Waals surface area contributed by atoms with Crippen molar-refractivity contribution in [3.8, 4) is 33.6 Å². The quantitative estimate of drug-likeness (QED) is 0.113. The van der Waals surface area contributed by atoms with E-state index in [0.29, 0.717) is 0 Å². The molecule has 0 aliphatic heterocycles. The first-order valence-electron chi connectivity index (χ1n) is 19.7. The Labute approximate surface area is 336 Å². The average molecular weight is 903 g/mol. The summed E-state index contributed by atoms with van der Waals surface area (Å²) in [5.74, 6) is 1.69. The molecule has 0 saturated heterocycles. The van der Waals surface area contributed by atoms with Crippen LogP contribution >= 0.6 is 0 Å². The summed E-state index contributed by atoms with van der Waals surface area (Å²) in [7, 11) is -1.35. The first-order valence-corrected chi connectivity index (χ1v) is 23.2. The van der Waals surface area contributed by atoms with E-state index in [-0.39, 0.29) is 20.1 Å². The third-order valence-corrected chi connectivity index (χ3v) is 13.5. The van der Waals surface area contributed by atoms with Crippen molar-refractivity contribution < 1.29 is 24.5 Å². The maximum atomic E-state index is 6.40. The topological polar surface area (TPSA) is 38.9 Å². The molecule has 1 radical (unpaired) electrons. The number of furan rings is 1. The predicted octanol–water partition coefficient (Wildman–Crippen LogP) is 12.7. The van der Waals surface area contributed by atoms with Gasteiger partial charge in [0.2, 0.25) is 0 Å². The summed E-state index contributed by atoms with van der Waals surface area (Å²) in [5, 5.41) is 3.81. The van der Waals surface area contributed by atoms with Crippen LogP contribution in [-0.2, 0) is 32.9 Å². The van der Waals surface area contributed by atoms with Crippen LogP contribution < -0.4 is 5.19 Å². The van der Waals surface area contributed by atoms with Crippen molar-refractivity contribution in [1.82, 2.24) is 9.97 Å². The fourth-order valence-electron chi connectivity index (χ4n) is 8.69. The molecule has 0 bridgehead atoms. The number of pyridine rings is 2. The number of aromatic nitrogens is 2. The van der Waals surface area contributed by atoms with Gasteiger partial charge in [-0.15, -0.1) is 54.1 Å². The molecule has 0 unspecified atom stereocenters. The van der Waals surface area contributed by atoms with Gasteiger partial charge in [-0.3, -0.25) is 0 Å². The minimum Gasteiger partial charge on any atom is -0.501 e. The summed E-state index contributed by atoms with van der Waals surface area (Å²) < 4.78 is 6.40. The summed E-state index contributed by atoms with van der Waals surface area (Å²) >= 11 is 0. The monoisotopic (exact) mass is 903 g/mol. The molecule has 7 aromatic rings. The Hall–Kier alpha value is -4.15. The van der Waals surface area contributed by atoms with E-state index in [9.17, 15) is 0 Å². The second-order valence-electron chi connectivity index (χ2n) is 16.3. The maximum absolute atomic E-state index is 6.40. The Morgan fingerprint density at radius 1 is 0.704 bits per heavy atom. The molecule has 0 amide bonds. The minimum atomic E-state index is -1.35. The molecular formula is C49H50IrN2OSi-2. The summed E-state index contributed by atoms with van der Waals surface area (Å²) in [6.07, 6.45) is 17.6. The molecule has 0 N–H and O–H groups in total. The van der Waals surface area contributed by atoms with Crippen LogP contribution in [0.15, 0.2) is 120 Å². The summed E-state index contributed by atoms with van der Waals surface area (Å²) in [4.78, 5) is 9.45. The van der Waals surface area contributed by atoms with Gasteiger partial charge in [0, 0.05) is 37.9 Å². The van der Waals surface area contributed by atoms with Crippen LogP contribution in [0.1, 0.15) is 62.5 Å². The number of fused-ring (bicyclic) bond motifs is 3. The van der Waals surface area contributed by atoms with E-state index in [2.05, 4.69) is 123 Å². The normalized spacial score (nSPS) is 14.9. The zero-order chi connectivity index (χ0) is 36.2. The van der Waals surface area contributed by atoms with Crippen LogP contribution in [0.3, 0.4) is 0 Å². The molecule has 2 saturated carbocycles. The van der Waals surface area contributed by atoms with Gasteiger partial charge >= 0.3 is 0 Å². The van der Waals surface area contributed by atoms with Gasteiger partial charge in [0.25, 0.3) is 0 Å². The molecule has 3 heterocycles. The summed E-state index contributed by atoms with van der Waals surface area (Å²) in [5.41, 5.74) is 11.1. The molecule has 3 nitrogen and oxygen atoms in total. The van der Waals surface area contributed by atoms with Gasteiger partial charge < -0.3 is 14.4 Å². The Morgan fingerprint density at radius 3 is 2.17 bits per heavy atom. The third-order valence-electron chi connectivity index (χ3n) is 11.4. The van der Waals surface area contributed by atoms with E-state index in [0.717, 1.165) is 62.7 Å². The number of rotatable bonds is 8. The molecule has 54 heavy (non-hydrogen) atoms. The molecule has 5 heteroatoms. The number of hydrogen-bond acceptors (Lipinski definition) is 3. The van der Waals surface area contributed by atoms with E-state index in [1.807, 2.05) is 24.4 Å². The first kappa shape index (κ1) is 38.1. The van der Waals surface area contributed by atoms with Crippen LogP contribution in [0.2, 0.25) is 19.6 Å². The van der Waals surface area contributed by atoms with E-state index in [1.54, 1.807) is 10.8 Å². The number of hydrogen-bond donors (Lipinski definition) is 0. The van der Waals surface area contributed by atoms with Gasteiger partial charge in [0.1, 0.15) is 5.58 Å². The Morgan fingerprint density at radius 2 is 1.44 bits per heavy atom. The molecule has 0 atom stereocenters. The zero-order valence-electron chi connectivity index (χ0n) is 31.8. The Balaban J connectivity index is 0.000000174. The van der Waals surface area contributed by atoms with Crippen LogP contribution in [-0.4, -0.2) is 18.0 Å². The third kappa shape index (κ3) is 8.55. The van der Waals surface area contributed by atoms with Crippen LogP contribution in [0.25, 0.3) is 55.6 Å². The molecule has 4 aromatic carbocycles. The van der Waals surface area contributed by atoms with Crippen LogP contribution in [0, 0.1) is 24.0 Å².